The zero-order valence-corrected chi connectivity index (χ0v) is 19.7. The minimum absolute atomic E-state index is 0.0484. The van der Waals surface area contributed by atoms with E-state index in [1.807, 2.05) is 6.07 Å². The van der Waals surface area contributed by atoms with Crippen molar-refractivity contribution in [1.29, 1.82) is 5.26 Å². The van der Waals surface area contributed by atoms with Crippen molar-refractivity contribution in [3.63, 3.8) is 0 Å². The quantitative estimate of drug-likeness (QED) is 0.464. The Bertz CT molecular complexity index is 1180. The number of Topliss-reactive ketones (excluding diaryl/α,β-unsaturated/α-hetero) is 2. The molecule has 3 rings (SSSR count). The highest BCUT2D eigenvalue weighted by Gasteiger charge is 2.34. The molecule has 158 valence electrons. The van der Waals surface area contributed by atoms with Crippen molar-refractivity contribution < 1.29 is 9.59 Å². The second-order valence-corrected chi connectivity index (χ2v) is 9.10. The minimum Gasteiger partial charge on any atom is -0.353 e. The van der Waals surface area contributed by atoms with E-state index in [2.05, 4.69) is 11.4 Å². The molecule has 2 aromatic carbocycles. The van der Waals surface area contributed by atoms with Crippen molar-refractivity contribution in [2.45, 2.75) is 19.8 Å². The molecule has 0 bridgehead atoms. The summed E-state index contributed by atoms with van der Waals surface area (Å²) in [6, 6.07) is 14.0. The molecule has 2 aromatic rings. The van der Waals surface area contributed by atoms with Crippen LogP contribution in [0.4, 0.5) is 0 Å². The van der Waals surface area contributed by atoms with Gasteiger partial charge in [-0.05, 0) is 43.7 Å². The maximum Gasteiger partial charge on any atom is 0.174 e. The van der Waals surface area contributed by atoms with E-state index in [-0.39, 0.29) is 22.3 Å². The number of hydrogen-bond donors (Lipinski definition) is 1. The highest BCUT2D eigenvalue weighted by Crippen LogP contribution is 2.43. The van der Waals surface area contributed by atoms with Crippen LogP contribution in [0.2, 0.25) is 15.1 Å². The molecule has 1 heterocycles. The Morgan fingerprint density at radius 3 is 2.45 bits per heavy atom. The van der Waals surface area contributed by atoms with E-state index < -0.39 is 5.92 Å². The number of rotatable bonds is 6. The number of ketones is 2. The lowest BCUT2D eigenvalue weighted by molar-refractivity contribution is -0.113. The molecular formula is C23H17Cl3N2O2S. The number of nitrogens with one attached hydrogen (secondary N) is 1. The lowest BCUT2D eigenvalue weighted by Crippen LogP contribution is -2.27. The normalized spacial score (nSPS) is 16.1. The maximum absolute atomic E-state index is 12.7. The first-order valence-corrected chi connectivity index (χ1v) is 11.3. The summed E-state index contributed by atoms with van der Waals surface area (Å²) in [7, 11) is 0. The second-order valence-electron chi connectivity index (χ2n) is 6.87. The number of benzene rings is 2. The van der Waals surface area contributed by atoms with Gasteiger partial charge < -0.3 is 5.32 Å². The van der Waals surface area contributed by atoms with E-state index in [1.54, 1.807) is 37.3 Å². The van der Waals surface area contributed by atoms with Crippen LogP contribution in [0.25, 0.3) is 0 Å². The van der Waals surface area contributed by atoms with Crippen molar-refractivity contribution in [2.75, 3.05) is 5.75 Å². The highest BCUT2D eigenvalue weighted by atomic mass is 35.5. The van der Waals surface area contributed by atoms with E-state index in [4.69, 9.17) is 34.8 Å². The molecule has 0 unspecified atom stereocenters. The predicted molar refractivity (Wildman–Crippen MR) is 127 cm³/mol. The summed E-state index contributed by atoms with van der Waals surface area (Å²) in [6.07, 6.45) is 0. The van der Waals surface area contributed by atoms with Gasteiger partial charge in [0.05, 0.1) is 33.4 Å². The van der Waals surface area contributed by atoms with E-state index in [9.17, 15) is 14.9 Å². The number of dihydropyridines is 1. The number of hydrogen-bond acceptors (Lipinski definition) is 5. The van der Waals surface area contributed by atoms with Gasteiger partial charge in [-0.15, -0.1) is 0 Å². The van der Waals surface area contributed by atoms with Crippen molar-refractivity contribution in [2.24, 2.45) is 0 Å². The summed E-state index contributed by atoms with van der Waals surface area (Å²) in [5.41, 5.74) is 2.45. The number of thioether (sulfide) groups is 1. The summed E-state index contributed by atoms with van der Waals surface area (Å²) < 4.78 is 0. The van der Waals surface area contributed by atoms with Gasteiger partial charge in [0.25, 0.3) is 0 Å². The van der Waals surface area contributed by atoms with Crippen LogP contribution in [0.5, 0.6) is 0 Å². The Morgan fingerprint density at radius 2 is 1.84 bits per heavy atom. The van der Waals surface area contributed by atoms with Crippen molar-refractivity contribution in [3.8, 4) is 6.07 Å². The average molecular weight is 492 g/mol. The second kappa shape index (κ2) is 9.93. The lowest BCUT2D eigenvalue weighted by atomic mass is 9.81. The molecule has 0 saturated heterocycles. The number of carbonyl (C=O) groups is 2. The van der Waals surface area contributed by atoms with Gasteiger partial charge in [-0.1, -0.05) is 64.8 Å². The molecule has 0 amide bonds. The number of allylic oxidation sites excluding steroid dienone is 3. The maximum atomic E-state index is 12.7. The largest absolute Gasteiger partial charge is 0.353 e. The van der Waals surface area contributed by atoms with E-state index in [0.29, 0.717) is 43.0 Å². The van der Waals surface area contributed by atoms with E-state index >= 15 is 0 Å². The van der Waals surface area contributed by atoms with Gasteiger partial charge in [0, 0.05) is 26.9 Å². The number of nitriles is 1. The van der Waals surface area contributed by atoms with Crippen LogP contribution in [-0.2, 0) is 4.79 Å². The first-order valence-electron chi connectivity index (χ1n) is 9.23. The van der Waals surface area contributed by atoms with Gasteiger partial charge in [-0.3, -0.25) is 9.59 Å². The van der Waals surface area contributed by atoms with Crippen molar-refractivity contribution >= 4 is 58.1 Å². The fourth-order valence-electron chi connectivity index (χ4n) is 3.44. The van der Waals surface area contributed by atoms with Crippen LogP contribution in [0, 0.1) is 11.3 Å². The molecule has 31 heavy (non-hydrogen) atoms. The molecule has 1 N–H and O–H groups in total. The van der Waals surface area contributed by atoms with Crippen LogP contribution >= 0.6 is 46.6 Å². The first kappa shape index (κ1) is 23.4. The molecule has 4 nitrogen and oxygen atoms in total. The number of nitrogens with zero attached hydrogens (tertiary/aromatic N) is 1. The van der Waals surface area contributed by atoms with E-state index in [1.165, 1.54) is 24.8 Å². The minimum atomic E-state index is -0.617. The van der Waals surface area contributed by atoms with Crippen molar-refractivity contribution in [1.82, 2.24) is 5.32 Å². The fraction of sp³-hybridized carbons (Fsp3) is 0.174. The molecule has 0 spiro atoms. The zero-order chi connectivity index (χ0) is 22.7. The van der Waals surface area contributed by atoms with Gasteiger partial charge in [-0.25, -0.2) is 0 Å². The van der Waals surface area contributed by atoms with Gasteiger partial charge in [0.15, 0.2) is 11.6 Å². The summed E-state index contributed by atoms with van der Waals surface area (Å²) in [5, 5.41) is 14.8. The van der Waals surface area contributed by atoms with Gasteiger partial charge in [0.2, 0.25) is 0 Å². The van der Waals surface area contributed by atoms with Crippen LogP contribution in [-0.4, -0.2) is 17.3 Å². The van der Waals surface area contributed by atoms with Crippen LogP contribution in [0.1, 0.15) is 35.7 Å². The third-order valence-corrected chi connectivity index (χ3v) is 6.73. The molecule has 1 aliphatic heterocycles. The molecule has 0 radical (unpaired) electrons. The smallest absolute Gasteiger partial charge is 0.174 e. The zero-order valence-electron chi connectivity index (χ0n) is 16.6. The van der Waals surface area contributed by atoms with Crippen molar-refractivity contribution in [3.05, 3.63) is 90.5 Å². The lowest BCUT2D eigenvalue weighted by Gasteiger charge is -2.29. The van der Waals surface area contributed by atoms with E-state index in [0.717, 1.165) is 0 Å². The third-order valence-electron chi connectivity index (χ3n) is 4.82. The topological polar surface area (TPSA) is 70.0 Å². The predicted octanol–water partition coefficient (Wildman–Crippen LogP) is 6.55. The standard InChI is InChI=1S/C23H17Cl3N2O2S/c1-12-21(13(2)29)22(16-5-3-4-6-18(16)25)17(10-27)23(28-12)31-11-20(30)15-8-7-14(24)9-19(15)26/h3-9,22,28H,11H2,1-2H3/t22-/m1/s1. The third kappa shape index (κ3) is 4.99. The molecule has 1 aliphatic rings. The molecule has 1 atom stereocenters. The molecular weight excluding hydrogens is 475 g/mol. The Morgan fingerprint density at radius 1 is 1.13 bits per heavy atom. The average Bonchev–Trinajstić information content (AvgIpc) is 2.71. The monoisotopic (exact) mass is 490 g/mol. The van der Waals surface area contributed by atoms with Gasteiger partial charge in [0.1, 0.15) is 0 Å². The summed E-state index contributed by atoms with van der Waals surface area (Å²) in [6.45, 7) is 3.23. The molecule has 0 fully saturated rings. The summed E-state index contributed by atoms with van der Waals surface area (Å²) in [5.74, 6) is -0.927. The summed E-state index contributed by atoms with van der Waals surface area (Å²) >= 11 is 19.6. The first-order chi connectivity index (χ1) is 14.7. The van der Waals surface area contributed by atoms with Crippen LogP contribution in [0.15, 0.2) is 64.3 Å². The molecule has 0 aliphatic carbocycles. The van der Waals surface area contributed by atoms with Gasteiger partial charge in [-0.2, -0.15) is 5.26 Å². The number of halogens is 3. The molecule has 8 heteroatoms. The van der Waals surface area contributed by atoms with Crippen LogP contribution in [0.3, 0.4) is 0 Å². The Kier molecular flexibility index (Phi) is 7.51. The van der Waals surface area contributed by atoms with Gasteiger partial charge >= 0.3 is 0 Å². The Hall–Kier alpha value is -2.23. The fourth-order valence-corrected chi connectivity index (χ4v) is 5.18. The summed E-state index contributed by atoms with van der Waals surface area (Å²) in [4.78, 5) is 25.1. The SMILES string of the molecule is CC(=O)C1=C(C)NC(SCC(=O)c2ccc(Cl)cc2Cl)=C(C#N)[C@H]1c1ccccc1Cl. The highest BCUT2D eigenvalue weighted by molar-refractivity contribution is 8.03. The number of carbonyl (C=O) groups excluding carboxylic acids is 2. The van der Waals surface area contributed by atoms with Crippen LogP contribution < -0.4 is 5.32 Å². The Balaban J connectivity index is 1.98. The molecule has 0 saturated carbocycles. The molecule has 0 aromatic heterocycles. The Labute approximate surface area is 199 Å².